The molecule has 3 aromatic rings. The number of hydrogen-bond donors (Lipinski definition) is 1. The van der Waals surface area contributed by atoms with Gasteiger partial charge in [0.1, 0.15) is 0 Å². The predicted molar refractivity (Wildman–Crippen MR) is 91.8 cm³/mol. The first-order valence-electron chi connectivity index (χ1n) is 6.60. The lowest BCUT2D eigenvalue weighted by Crippen LogP contribution is -1.87. The summed E-state index contributed by atoms with van der Waals surface area (Å²) >= 11 is 5.38. The van der Waals surface area contributed by atoms with E-state index in [-0.39, 0.29) is 5.88 Å². The van der Waals surface area contributed by atoms with Crippen molar-refractivity contribution in [3.63, 3.8) is 0 Å². The summed E-state index contributed by atoms with van der Waals surface area (Å²) in [6, 6.07) is 16.2. The highest BCUT2D eigenvalue weighted by atomic mass is 79.9. The molecule has 0 spiro atoms. The zero-order valence-electron chi connectivity index (χ0n) is 11.5. The largest absolute Gasteiger partial charge is 0.493 e. The zero-order chi connectivity index (χ0) is 14.8. The Kier molecular flexibility index (Phi) is 4.17. The molecule has 0 saturated carbocycles. The highest BCUT2D eigenvalue weighted by molar-refractivity contribution is 9.10. The van der Waals surface area contributed by atoms with Crippen molar-refractivity contribution in [3.8, 4) is 5.88 Å². The summed E-state index contributed by atoms with van der Waals surface area (Å²) in [6.07, 6.45) is 0. The Morgan fingerprint density at radius 3 is 2.67 bits per heavy atom. The minimum atomic E-state index is 0.0668. The highest BCUT2D eigenvalue weighted by Crippen LogP contribution is 2.34. The predicted octanol–water partition coefficient (Wildman–Crippen LogP) is 5.30. The maximum Gasteiger partial charge on any atom is 0.211 e. The number of aromatic nitrogens is 1. The molecule has 0 atom stereocenters. The fourth-order valence-corrected chi connectivity index (χ4v) is 4.13. The molecule has 1 heterocycles. The number of hydrogen-bond acceptors (Lipinski definition) is 3. The summed E-state index contributed by atoms with van der Waals surface area (Å²) < 4.78 is 1.01. The first kappa shape index (κ1) is 14.4. The minimum Gasteiger partial charge on any atom is -0.493 e. The second-order valence-corrected chi connectivity index (χ2v) is 6.77. The van der Waals surface area contributed by atoms with Gasteiger partial charge in [-0.1, -0.05) is 46.3 Å². The summed E-state index contributed by atoms with van der Waals surface area (Å²) in [4.78, 5) is 5.36. The first-order chi connectivity index (χ1) is 10.1. The average molecular weight is 360 g/mol. The zero-order valence-corrected chi connectivity index (χ0v) is 13.9. The van der Waals surface area contributed by atoms with E-state index >= 15 is 0 Å². The van der Waals surface area contributed by atoms with Crippen molar-refractivity contribution in [1.82, 2.24) is 4.98 Å². The van der Waals surface area contributed by atoms with Crippen LogP contribution in [0.25, 0.3) is 10.9 Å². The first-order valence-corrected chi connectivity index (χ1v) is 8.38. The van der Waals surface area contributed by atoms with Crippen LogP contribution in [-0.4, -0.2) is 10.1 Å². The Morgan fingerprint density at radius 1 is 1.14 bits per heavy atom. The third kappa shape index (κ3) is 3.22. The van der Waals surface area contributed by atoms with Gasteiger partial charge in [0.25, 0.3) is 0 Å². The lowest BCUT2D eigenvalue weighted by atomic mass is 10.1. The number of rotatable bonds is 3. The third-order valence-electron chi connectivity index (χ3n) is 3.27. The van der Waals surface area contributed by atoms with Crippen LogP contribution in [0.1, 0.15) is 11.1 Å². The quantitative estimate of drug-likeness (QED) is 0.643. The molecule has 1 N–H and O–H groups in total. The van der Waals surface area contributed by atoms with Crippen LogP contribution >= 0.6 is 27.7 Å². The molecular formula is C17H14BrNOS. The second kappa shape index (κ2) is 6.08. The summed E-state index contributed by atoms with van der Waals surface area (Å²) in [7, 11) is 0. The van der Waals surface area contributed by atoms with Crippen molar-refractivity contribution < 1.29 is 5.11 Å². The van der Waals surface area contributed by atoms with E-state index in [1.807, 2.05) is 19.1 Å². The van der Waals surface area contributed by atoms with E-state index in [0.29, 0.717) is 0 Å². The van der Waals surface area contributed by atoms with E-state index in [1.165, 1.54) is 5.56 Å². The number of fused-ring (bicyclic) bond motifs is 1. The standard InChI is InChI=1S/C17H14BrNOS/c1-11-7-16(20)19-15-9-13(8-14(18)17(11)15)21-10-12-5-3-2-4-6-12/h2-9H,10H2,1H3,(H,19,20). The van der Waals surface area contributed by atoms with Crippen LogP contribution in [0.3, 0.4) is 0 Å². The molecule has 0 amide bonds. The molecule has 0 aliphatic carbocycles. The van der Waals surface area contributed by atoms with Crippen molar-refractivity contribution >= 4 is 38.6 Å². The number of halogens is 1. The molecule has 0 unspecified atom stereocenters. The van der Waals surface area contributed by atoms with Gasteiger partial charge in [-0.25, -0.2) is 4.98 Å². The van der Waals surface area contributed by atoms with Gasteiger partial charge in [-0.3, -0.25) is 0 Å². The van der Waals surface area contributed by atoms with Crippen LogP contribution in [0.4, 0.5) is 0 Å². The highest BCUT2D eigenvalue weighted by Gasteiger charge is 2.08. The van der Waals surface area contributed by atoms with Crippen LogP contribution in [0, 0.1) is 6.92 Å². The Balaban J connectivity index is 1.93. The van der Waals surface area contributed by atoms with Gasteiger partial charge in [-0.05, 0) is 30.2 Å². The molecule has 0 bridgehead atoms. The number of benzene rings is 2. The second-order valence-electron chi connectivity index (χ2n) is 4.87. The van der Waals surface area contributed by atoms with Crippen LogP contribution < -0.4 is 0 Å². The van der Waals surface area contributed by atoms with E-state index in [4.69, 9.17) is 0 Å². The average Bonchev–Trinajstić information content (AvgIpc) is 2.45. The van der Waals surface area contributed by atoms with Crippen molar-refractivity contribution in [2.24, 2.45) is 0 Å². The lowest BCUT2D eigenvalue weighted by molar-refractivity contribution is 0.455. The normalized spacial score (nSPS) is 11.0. The van der Waals surface area contributed by atoms with Gasteiger partial charge in [-0.15, -0.1) is 11.8 Å². The Hall–Kier alpha value is -1.52. The number of pyridine rings is 1. The summed E-state index contributed by atoms with van der Waals surface area (Å²) in [5.41, 5.74) is 3.13. The van der Waals surface area contributed by atoms with Gasteiger partial charge >= 0.3 is 0 Å². The maximum absolute atomic E-state index is 9.67. The summed E-state index contributed by atoms with van der Waals surface area (Å²) in [5.74, 6) is 0.980. The molecule has 106 valence electrons. The van der Waals surface area contributed by atoms with Gasteiger partial charge in [0.15, 0.2) is 0 Å². The van der Waals surface area contributed by atoms with Crippen LogP contribution in [0.2, 0.25) is 0 Å². The Bertz CT molecular complexity index is 790. The van der Waals surface area contributed by atoms with E-state index in [0.717, 1.165) is 31.6 Å². The van der Waals surface area contributed by atoms with Gasteiger partial charge in [0.05, 0.1) is 5.52 Å². The molecule has 3 rings (SSSR count). The van der Waals surface area contributed by atoms with Crippen molar-refractivity contribution in [2.45, 2.75) is 17.6 Å². The third-order valence-corrected chi connectivity index (χ3v) is 4.94. The molecule has 0 radical (unpaired) electrons. The SMILES string of the molecule is Cc1cc(O)nc2cc(SCc3ccccc3)cc(Br)c12. The van der Waals surface area contributed by atoms with Gasteiger partial charge in [0, 0.05) is 26.6 Å². The van der Waals surface area contributed by atoms with Crippen molar-refractivity contribution in [1.29, 1.82) is 0 Å². The van der Waals surface area contributed by atoms with Crippen LogP contribution in [0.5, 0.6) is 5.88 Å². The van der Waals surface area contributed by atoms with Crippen LogP contribution in [-0.2, 0) is 5.75 Å². The number of thioether (sulfide) groups is 1. The van der Waals surface area contributed by atoms with Gasteiger partial charge in [-0.2, -0.15) is 0 Å². The summed E-state index contributed by atoms with van der Waals surface area (Å²) in [6.45, 7) is 1.98. The molecule has 0 fully saturated rings. The molecule has 2 aromatic carbocycles. The Morgan fingerprint density at radius 2 is 1.90 bits per heavy atom. The van der Waals surface area contributed by atoms with E-state index < -0.39 is 0 Å². The maximum atomic E-state index is 9.67. The molecule has 0 aliphatic heterocycles. The molecule has 1 aromatic heterocycles. The van der Waals surface area contributed by atoms with Crippen LogP contribution in [0.15, 0.2) is 57.9 Å². The van der Waals surface area contributed by atoms with Gasteiger partial charge < -0.3 is 5.11 Å². The van der Waals surface area contributed by atoms with Crippen molar-refractivity contribution in [3.05, 3.63) is 64.1 Å². The van der Waals surface area contributed by atoms with E-state index in [2.05, 4.69) is 51.2 Å². The van der Waals surface area contributed by atoms with Crippen molar-refractivity contribution in [2.75, 3.05) is 0 Å². The molecular weight excluding hydrogens is 346 g/mol. The minimum absolute atomic E-state index is 0.0668. The van der Waals surface area contributed by atoms with E-state index in [1.54, 1.807) is 17.8 Å². The fourth-order valence-electron chi connectivity index (χ4n) is 2.29. The lowest BCUT2D eigenvalue weighted by Gasteiger charge is -2.08. The molecule has 4 heteroatoms. The number of nitrogens with zero attached hydrogens (tertiary/aromatic N) is 1. The monoisotopic (exact) mass is 359 g/mol. The van der Waals surface area contributed by atoms with E-state index in [9.17, 15) is 5.11 Å². The smallest absolute Gasteiger partial charge is 0.211 e. The fraction of sp³-hybridized carbons (Fsp3) is 0.118. The number of aromatic hydroxyl groups is 1. The van der Waals surface area contributed by atoms with Gasteiger partial charge in [0.2, 0.25) is 5.88 Å². The topological polar surface area (TPSA) is 33.1 Å². The summed E-state index contributed by atoms with van der Waals surface area (Å²) in [5, 5.41) is 10.7. The molecule has 0 saturated heterocycles. The number of aryl methyl sites for hydroxylation is 1. The molecule has 0 aliphatic rings. The Labute approximate surface area is 136 Å². The molecule has 2 nitrogen and oxygen atoms in total. The molecule has 21 heavy (non-hydrogen) atoms.